The van der Waals surface area contributed by atoms with Crippen LogP contribution in [0, 0.1) is 6.92 Å². The molecule has 0 aromatic heterocycles. The van der Waals surface area contributed by atoms with Gasteiger partial charge in [-0.3, -0.25) is 0 Å². The van der Waals surface area contributed by atoms with Crippen LogP contribution >= 0.6 is 0 Å². The molecule has 120 valence electrons. The zero-order chi connectivity index (χ0) is 15.7. The van der Waals surface area contributed by atoms with Crippen molar-refractivity contribution in [2.75, 3.05) is 13.2 Å². The highest BCUT2D eigenvalue weighted by Gasteiger charge is 2.36. The molecule has 0 spiro atoms. The van der Waals surface area contributed by atoms with Crippen LogP contribution in [0.4, 0.5) is 0 Å². The maximum absolute atomic E-state index is 6.23. The minimum Gasteiger partial charge on any atom is -0.374 e. The predicted octanol–water partition coefficient (Wildman–Crippen LogP) is 4.50. The molecule has 0 bridgehead atoms. The molecule has 0 fully saturated rings. The Morgan fingerprint density at radius 3 is 2.38 bits per heavy atom. The topological polar surface area (TPSA) is 21.3 Å². The molecule has 2 nitrogen and oxygen atoms in total. The zero-order valence-electron chi connectivity index (χ0n) is 14.5. The Morgan fingerprint density at radius 2 is 1.86 bits per heavy atom. The van der Waals surface area contributed by atoms with Gasteiger partial charge in [0.25, 0.3) is 0 Å². The Balaban J connectivity index is 2.96. The van der Waals surface area contributed by atoms with Crippen molar-refractivity contribution >= 4 is 0 Å². The van der Waals surface area contributed by atoms with Crippen LogP contribution in [0.3, 0.4) is 0 Å². The molecule has 0 aliphatic carbocycles. The number of hydrogen-bond donors (Lipinski definition) is 1. The van der Waals surface area contributed by atoms with Crippen LogP contribution in [0.5, 0.6) is 0 Å². The first kappa shape index (κ1) is 18.2. The molecule has 1 rings (SSSR count). The smallest absolute Gasteiger partial charge is 0.0832 e. The maximum atomic E-state index is 6.23. The quantitative estimate of drug-likeness (QED) is 0.685. The molecule has 0 aliphatic heterocycles. The van der Waals surface area contributed by atoms with Crippen LogP contribution in [-0.4, -0.2) is 24.8 Å². The van der Waals surface area contributed by atoms with E-state index >= 15 is 0 Å². The van der Waals surface area contributed by atoms with Crippen LogP contribution in [-0.2, 0) is 11.2 Å². The molecule has 1 aromatic rings. The highest BCUT2D eigenvalue weighted by atomic mass is 16.5. The molecule has 0 radical (unpaired) electrons. The zero-order valence-corrected chi connectivity index (χ0v) is 14.5. The molecule has 2 heteroatoms. The van der Waals surface area contributed by atoms with Crippen molar-refractivity contribution < 1.29 is 4.74 Å². The van der Waals surface area contributed by atoms with Gasteiger partial charge in [-0.15, -0.1) is 0 Å². The van der Waals surface area contributed by atoms with E-state index in [2.05, 4.69) is 64.2 Å². The summed E-state index contributed by atoms with van der Waals surface area (Å²) >= 11 is 0. The predicted molar refractivity (Wildman–Crippen MR) is 91.9 cm³/mol. The first-order valence-corrected chi connectivity index (χ1v) is 8.54. The number of rotatable bonds is 10. The molecule has 1 unspecified atom stereocenters. The molecule has 1 N–H and O–H groups in total. The SMILES string of the molecule is CCCNC(Cc1cccc(C)c1)C(CC)(CC)OCC. The van der Waals surface area contributed by atoms with Gasteiger partial charge >= 0.3 is 0 Å². The van der Waals surface area contributed by atoms with Crippen molar-refractivity contribution in [1.82, 2.24) is 5.32 Å². The van der Waals surface area contributed by atoms with Crippen molar-refractivity contribution in [3.05, 3.63) is 35.4 Å². The normalized spacial score (nSPS) is 13.4. The molecular formula is C19H33NO. The first-order valence-electron chi connectivity index (χ1n) is 8.54. The summed E-state index contributed by atoms with van der Waals surface area (Å²) in [4.78, 5) is 0. The van der Waals surface area contributed by atoms with E-state index in [1.165, 1.54) is 11.1 Å². The van der Waals surface area contributed by atoms with Crippen molar-refractivity contribution in [1.29, 1.82) is 0 Å². The van der Waals surface area contributed by atoms with Gasteiger partial charge in [-0.25, -0.2) is 0 Å². The van der Waals surface area contributed by atoms with Gasteiger partial charge in [0.1, 0.15) is 0 Å². The summed E-state index contributed by atoms with van der Waals surface area (Å²) in [6.45, 7) is 12.8. The van der Waals surface area contributed by atoms with Crippen LogP contribution in [0.1, 0.15) is 58.1 Å². The second kappa shape index (κ2) is 9.22. The Kier molecular flexibility index (Phi) is 7.98. The number of aryl methyl sites for hydroxylation is 1. The number of hydrogen-bond acceptors (Lipinski definition) is 2. The van der Waals surface area contributed by atoms with E-state index in [-0.39, 0.29) is 5.60 Å². The Hall–Kier alpha value is -0.860. The third kappa shape index (κ3) is 5.12. The molecule has 0 amide bonds. The average molecular weight is 291 g/mol. The average Bonchev–Trinajstić information content (AvgIpc) is 2.49. The minimum atomic E-state index is -0.0618. The second-order valence-corrected chi connectivity index (χ2v) is 5.90. The summed E-state index contributed by atoms with van der Waals surface area (Å²) in [7, 11) is 0. The fourth-order valence-electron chi connectivity index (χ4n) is 3.17. The van der Waals surface area contributed by atoms with Crippen molar-refractivity contribution in [2.45, 2.75) is 71.9 Å². The molecule has 0 heterocycles. The number of nitrogens with one attached hydrogen (secondary N) is 1. The van der Waals surface area contributed by atoms with Crippen molar-refractivity contribution in [2.24, 2.45) is 0 Å². The van der Waals surface area contributed by atoms with E-state index in [4.69, 9.17) is 4.74 Å². The highest BCUT2D eigenvalue weighted by molar-refractivity contribution is 5.23. The molecular weight excluding hydrogens is 258 g/mol. The van der Waals surface area contributed by atoms with Gasteiger partial charge in [-0.05, 0) is 51.6 Å². The molecule has 1 aromatic carbocycles. The van der Waals surface area contributed by atoms with E-state index in [1.807, 2.05) is 0 Å². The van der Waals surface area contributed by atoms with E-state index in [9.17, 15) is 0 Å². The van der Waals surface area contributed by atoms with Gasteiger partial charge in [0.05, 0.1) is 5.60 Å². The summed E-state index contributed by atoms with van der Waals surface area (Å²) in [5, 5.41) is 3.74. The van der Waals surface area contributed by atoms with Gasteiger partial charge in [0.2, 0.25) is 0 Å². The lowest BCUT2D eigenvalue weighted by Crippen LogP contribution is -2.53. The Bertz CT molecular complexity index is 398. The fraction of sp³-hybridized carbons (Fsp3) is 0.684. The van der Waals surface area contributed by atoms with Gasteiger partial charge in [0.15, 0.2) is 0 Å². The maximum Gasteiger partial charge on any atom is 0.0832 e. The van der Waals surface area contributed by atoms with Crippen LogP contribution in [0.2, 0.25) is 0 Å². The van der Waals surface area contributed by atoms with Crippen LogP contribution in [0.25, 0.3) is 0 Å². The van der Waals surface area contributed by atoms with E-state index < -0.39 is 0 Å². The number of ether oxygens (including phenoxy) is 1. The summed E-state index contributed by atoms with van der Waals surface area (Å²) in [5.41, 5.74) is 2.67. The lowest BCUT2D eigenvalue weighted by molar-refractivity contribution is -0.0718. The standard InChI is InChI=1S/C19H33NO/c1-6-13-20-18(19(7-2,8-3)21-9-4)15-17-12-10-11-16(5)14-17/h10-12,14,18,20H,6-9,13,15H2,1-5H3. The summed E-state index contributed by atoms with van der Waals surface area (Å²) in [5.74, 6) is 0. The lowest BCUT2D eigenvalue weighted by Gasteiger charge is -2.40. The Morgan fingerprint density at radius 1 is 1.14 bits per heavy atom. The third-order valence-corrected chi connectivity index (χ3v) is 4.43. The van der Waals surface area contributed by atoms with Crippen LogP contribution in [0.15, 0.2) is 24.3 Å². The second-order valence-electron chi connectivity index (χ2n) is 5.90. The summed E-state index contributed by atoms with van der Waals surface area (Å²) in [6.07, 6.45) is 4.28. The van der Waals surface area contributed by atoms with Crippen LogP contribution < -0.4 is 5.32 Å². The largest absolute Gasteiger partial charge is 0.374 e. The molecule has 0 saturated heterocycles. The lowest BCUT2D eigenvalue weighted by atomic mass is 9.84. The number of benzene rings is 1. The molecule has 1 atom stereocenters. The Labute approximate surface area is 131 Å². The molecule has 0 aliphatic rings. The van der Waals surface area contributed by atoms with Gasteiger partial charge in [0, 0.05) is 12.6 Å². The van der Waals surface area contributed by atoms with Crippen molar-refractivity contribution in [3.8, 4) is 0 Å². The molecule has 21 heavy (non-hydrogen) atoms. The van der Waals surface area contributed by atoms with Gasteiger partial charge in [-0.1, -0.05) is 50.6 Å². The van der Waals surface area contributed by atoms with Gasteiger partial charge in [-0.2, -0.15) is 0 Å². The molecule has 0 saturated carbocycles. The summed E-state index contributed by atoms with van der Waals surface area (Å²) in [6, 6.07) is 9.21. The van der Waals surface area contributed by atoms with Crippen molar-refractivity contribution in [3.63, 3.8) is 0 Å². The van der Waals surface area contributed by atoms with E-state index in [0.29, 0.717) is 6.04 Å². The fourth-order valence-corrected chi connectivity index (χ4v) is 3.17. The van der Waals surface area contributed by atoms with Gasteiger partial charge < -0.3 is 10.1 Å². The van der Waals surface area contributed by atoms with E-state index in [1.54, 1.807) is 0 Å². The third-order valence-electron chi connectivity index (χ3n) is 4.43. The monoisotopic (exact) mass is 291 g/mol. The first-order chi connectivity index (χ1) is 10.1. The minimum absolute atomic E-state index is 0.0618. The highest BCUT2D eigenvalue weighted by Crippen LogP contribution is 2.27. The summed E-state index contributed by atoms with van der Waals surface area (Å²) < 4.78 is 6.23. The van der Waals surface area contributed by atoms with E-state index in [0.717, 1.165) is 38.8 Å².